The number of nitrogens with one attached hydrogen (secondary N) is 3. The van der Waals surface area contributed by atoms with E-state index >= 15 is 0 Å². The Balaban J connectivity index is 2.79. The summed E-state index contributed by atoms with van der Waals surface area (Å²) in [7, 11) is 0. The molecule has 1 rings (SSSR count). The quantitative estimate of drug-likeness (QED) is 0.154. The van der Waals surface area contributed by atoms with Crippen molar-refractivity contribution in [2.24, 2.45) is 11.5 Å². The van der Waals surface area contributed by atoms with Gasteiger partial charge in [-0.3, -0.25) is 24.0 Å². The summed E-state index contributed by atoms with van der Waals surface area (Å²) < 4.78 is 0. The normalized spacial score (nSPS) is 14.1. The maximum Gasteiger partial charge on any atom is 0.326 e. The average Bonchev–Trinajstić information content (AvgIpc) is 2.75. The fourth-order valence-electron chi connectivity index (χ4n) is 2.85. The second-order valence-electron chi connectivity index (χ2n) is 7.59. The van der Waals surface area contributed by atoms with E-state index < -0.39 is 66.2 Å². The molecule has 0 spiro atoms. The SMILES string of the molecule is CC(NC(=O)C(N)Cc1ccccc1)C(=O)NC(CCC(N)=O)C(=O)NC(CC(=O)O)C(=O)O. The highest BCUT2D eigenvalue weighted by molar-refractivity contribution is 5.94. The monoisotopic (exact) mass is 479 g/mol. The molecule has 4 amide bonds. The Morgan fingerprint density at radius 1 is 0.882 bits per heavy atom. The molecular formula is C21H29N5O8. The lowest BCUT2D eigenvalue weighted by Crippen LogP contribution is -2.56. The van der Waals surface area contributed by atoms with Crippen LogP contribution in [-0.4, -0.2) is 69.9 Å². The van der Waals surface area contributed by atoms with Crippen molar-refractivity contribution in [3.8, 4) is 0 Å². The topological polar surface area (TPSA) is 231 Å². The zero-order valence-electron chi connectivity index (χ0n) is 18.5. The van der Waals surface area contributed by atoms with Crippen molar-refractivity contribution in [2.45, 2.75) is 56.8 Å². The van der Waals surface area contributed by atoms with E-state index in [-0.39, 0.29) is 19.3 Å². The highest BCUT2D eigenvalue weighted by Crippen LogP contribution is 2.04. The van der Waals surface area contributed by atoms with Crippen LogP contribution >= 0.6 is 0 Å². The number of primary amides is 1. The number of amides is 4. The number of carboxylic acids is 2. The third-order valence-electron chi connectivity index (χ3n) is 4.69. The molecular weight excluding hydrogens is 450 g/mol. The lowest BCUT2D eigenvalue weighted by Gasteiger charge is -2.23. The summed E-state index contributed by atoms with van der Waals surface area (Å²) in [6.07, 6.45) is -1.27. The third-order valence-corrected chi connectivity index (χ3v) is 4.69. The summed E-state index contributed by atoms with van der Waals surface area (Å²) >= 11 is 0. The molecule has 186 valence electrons. The number of benzene rings is 1. The van der Waals surface area contributed by atoms with E-state index in [0.29, 0.717) is 0 Å². The summed E-state index contributed by atoms with van der Waals surface area (Å²) in [6, 6.07) is 3.73. The highest BCUT2D eigenvalue weighted by atomic mass is 16.4. The van der Waals surface area contributed by atoms with E-state index in [1.54, 1.807) is 24.3 Å². The van der Waals surface area contributed by atoms with E-state index in [2.05, 4.69) is 10.6 Å². The van der Waals surface area contributed by atoms with Gasteiger partial charge >= 0.3 is 11.9 Å². The van der Waals surface area contributed by atoms with E-state index in [9.17, 15) is 28.8 Å². The molecule has 0 aliphatic carbocycles. The molecule has 0 fully saturated rings. The van der Waals surface area contributed by atoms with Crippen molar-refractivity contribution in [1.29, 1.82) is 0 Å². The van der Waals surface area contributed by atoms with Crippen LogP contribution in [0.2, 0.25) is 0 Å². The second-order valence-corrected chi connectivity index (χ2v) is 7.59. The molecule has 0 aromatic heterocycles. The van der Waals surface area contributed by atoms with Crippen LogP contribution in [0, 0.1) is 0 Å². The van der Waals surface area contributed by atoms with Crippen molar-refractivity contribution < 1.29 is 39.0 Å². The van der Waals surface area contributed by atoms with Crippen LogP contribution in [0.25, 0.3) is 0 Å². The van der Waals surface area contributed by atoms with Gasteiger partial charge in [0, 0.05) is 6.42 Å². The molecule has 4 unspecified atom stereocenters. The van der Waals surface area contributed by atoms with Gasteiger partial charge in [-0.1, -0.05) is 30.3 Å². The lowest BCUT2D eigenvalue weighted by atomic mass is 10.1. The Hall–Kier alpha value is -4.00. The fraction of sp³-hybridized carbons (Fsp3) is 0.429. The number of carbonyl (C=O) groups excluding carboxylic acids is 4. The van der Waals surface area contributed by atoms with Crippen molar-refractivity contribution in [3.63, 3.8) is 0 Å². The molecule has 13 heteroatoms. The zero-order chi connectivity index (χ0) is 25.8. The Morgan fingerprint density at radius 3 is 2.00 bits per heavy atom. The Kier molecular flexibility index (Phi) is 11.2. The second kappa shape index (κ2) is 13.5. The van der Waals surface area contributed by atoms with Crippen LogP contribution in [0.5, 0.6) is 0 Å². The largest absolute Gasteiger partial charge is 0.481 e. The molecule has 13 nitrogen and oxygen atoms in total. The minimum absolute atomic E-state index is 0.227. The maximum absolute atomic E-state index is 12.5. The maximum atomic E-state index is 12.5. The van der Waals surface area contributed by atoms with Gasteiger partial charge in [-0.2, -0.15) is 0 Å². The predicted molar refractivity (Wildman–Crippen MR) is 118 cm³/mol. The van der Waals surface area contributed by atoms with Gasteiger partial charge in [0.15, 0.2) is 0 Å². The van der Waals surface area contributed by atoms with Crippen LogP contribution in [-0.2, 0) is 35.2 Å². The number of carboxylic acid groups (broad SMARTS) is 2. The first kappa shape index (κ1) is 28.0. The molecule has 4 atom stereocenters. The van der Waals surface area contributed by atoms with Gasteiger partial charge < -0.3 is 37.6 Å². The van der Waals surface area contributed by atoms with E-state index in [1.807, 2.05) is 11.4 Å². The average molecular weight is 479 g/mol. The predicted octanol–water partition coefficient (Wildman–Crippen LogP) is -2.14. The number of nitrogens with two attached hydrogens (primary N) is 2. The van der Waals surface area contributed by atoms with Gasteiger partial charge in [0.2, 0.25) is 23.6 Å². The minimum Gasteiger partial charge on any atom is -0.481 e. The molecule has 0 saturated carbocycles. The zero-order valence-corrected chi connectivity index (χ0v) is 18.5. The standard InChI is InChI=1S/C21H29N5O8/c1-11(24-19(31)13(22)9-12-5-3-2-4-6-12)18(30)25-14(7-8-16(23)27)20(32)26-15(21(33)34)10-17(28)29/h2-6,11,13-15H,7-10,22H2,1H3,(H2,23,27)(H,24,31)(H,25,30)(H,26,32)(H,28,29)(H,33,34). The van der Waals surface area contributed by atoms with E-state index in [0.717, 1.165) is 5.56 Å². The van der Waals surface area contributed by atoms with Crippen LogP contribution in [0.15, 0.2) is 30.3 Å². The fourth-order valence-corrected chi connectivity index (χ4v) is 2.85. The first-order valence-corrected chi connectivity index (χ1v) is 10.3. The van der Waals surface area contributed by atoms with Crippen LogP contribution in [0.3, 0.4) is 0 Å². The first-order chi connectivity index (χ1) is 15.9. The number of aliphatic carboxylic acids is 2. The molecule has 0 aliphatic rings. The van der Waals surface area contributed by atoms with Gasteiger partial charge in [-0.15, -0.1) is 0 Å². The highest BCUT2D eigenvalue weighted by Gasteiger charge is 2.30. The lowest BCUT2D eigenvalue weighted by molar-refractivity contribution is -0.147. The van der Waals surface area contributed by atoms with Crippen LogP contribution in [0.4, 0.5) is 0 Å². The molecule has 1 aromatic carbocycles. The Bertz CT molecular complexity index is 908. The summed E-state index contributed by atoms with van der Waals surface area (Å²) in [4.78, 5) is 70.5. The number of hydrogen-bond acceptors (Lipinski definition) is 7. The summed E-state index contributed by atoms with van der Waals surface area (Å²) in [5.74, 6) is -6.28. The van der Waals surface area contributed by atoms with Crippen molar-refractivity contribution >= 4 is 35.6 Å². The van der Waals surface area contributed by atoms with Gasteiger partial charge in [0.05, 0.1) is 12.5 Å². The van der Waals surface area contributed by atoms with Crippen molar-refractivity contribution in [1.82, 2.24) is 16.0 Å². The van der Waals surface area contributed by atoms with Crippen molar-refractivity contribution in [2.75, 3.05) is 0 Å². The van der Waals surface area contributed by atoms with Crippen LogP contribution in [0.1, 0.15) is 31.7 Å². The summed E-state index contributed by atoms with van der Waals surface area (Å²) in [5, 5.41) is 24.6. The third kappa shape index (κ3) is 10.1. The Labute approximate surface area is 195 Å². The Morgan fingerprint density at radius 2 is 1.47 bits per heavy atom. The smallest absolute Gasteiger partial charge is 0.326 e. The number of hydrogen-bond donors (Lipinski definition) is 7. The molecule has 9 N–H and O–H groups in total. The van der Waals surface area contributed by atoms with Gasteiger partial charge in [-0.05, 0) is 25.3 Å². The van der Waals surface area contributed by atoms with E-state index in [4.69, 9.17) is 21.7 Å². The number of carbonyl (C=O) groups is 6. The molecule has 0 heterocycles. The molecule has 0 aliphatic heterocycles. The minimum atomic E-state index is -1.76. The van der Waals surface area contributed by atoms with Crippen LogP contribution < -0.4 is 27.4 Å². The molecule has 34 heavy (non-hydrogen) atoms. The molecule has 0 bridgehead atoms. The van der Waals surface area contributed by atoms with Gasteiger partial charge in [0.25, 0.3) is 0 Å². The molecule has 0 saturated heterocycles. The van der Waals surface area contributed by atoms with Crippen molar-refractivity contribution in [3.05, 3.63) is 35.9 Å². The van der Waals surface area contributed by atoms with Gasteiger partial charge in [-0.25, -0.2) is 4.79 Å². The summed E-state index contributed by atoms with van der Waals surface area (Å²) in [6.45, 7) is 1.34. The molecule has 0 radical (unpaired) electrons. The van der Waals surface area contributed by atoms with Gasteiger partial charge in [0.1, 0.15) is 18.1 Å². The first-order valence-electron chi connectivity index (χ1n) is 10.3. The van der Waals surface area contributed by atoms with E-state index in [1.165, 1.54) is 6.92 Å². The summed E-state index contributed by atoms with van der Waals surface area (Å²) in [5.41, 5.74) is 11.8. The molecule has 1 aromatic rings. The number of rotatable bonds is 14.